The molecule has 3 aromatic rings. The molecule has 0 unspecified atom stereocenters. The lowest BCUT2D eigenvalue weighted by Gasteiger charge is -2.05. The number of carbonyl (C=O) groups excluding carboxylic acids is 1. The third-order valence-corrected chi connectivity index (χ3v) is 7.07. The number of nitrogens with zero attached hydrogens (tertiary/aromatic N) is 2. The first-order chi connectivity index (χ1) is 14.4. The molecule has 0 atom stereocenters. The summed E-state index contributed by atoms with van der Waals surface area (Å²) in [7, 11) is -1.16. The van der Waals surface area contributed by atoms with Gasteiger partial charge in [-0.15, -0.1) is 4.40 Å². The second-order valence-electron chi connectivity index (χ2n) is 6.69. The van der Waals surface area contributed by atoms with Crippen molar-refractivity contribution < 1.29 is 22.7 Å². The van der Waals surface area contributed by atoms with E-state index in [0.717, 1.165) is 29.5 Å². The number of aromatic nitrogens is 1. The van der Waals surface area contributed by atoms with E-state index in [1.54, 1.807) is 16.7 Å². The quantitative estimate of drug-likeness (QED) is 0.492. The predicted molar refractivity (Wildman–Crippen MR) is 116 cm³/mol. The molecule has 0 radical (unpaired) electrons. The highest BCUT2D eigenvalue weighted by Gasteiger charge is 2.17. The Morgan fingerprint density at radius 3 is 2.50 bits per heavy atom. The normalized spacial score (nSPS) is 12.3. The average Bonchev–Trinajstić information content (AvgIpc) is 3.07. The first-order valence-corrected chi connectivity index (χ1v) is 11.8. The molecule has 0 amide bonds. The van der Waals surface area contributed by atoms with Crippen LogP contribution >= 0.6 is 11.3 Å². The minimum Gasteiger partial charge on any atom is -0.497 e. The van der Waals surface area contributed by atoms with Crippen LogP contribution in [0.15, 0.2) is 51.8 Å². The Labute approximate surface area is 179 Å². The summed E-state index contributed by atoms with van der Waals surface area (Å²) in [5, 5.41) is 0. The van der Waals surface area contributed by atoms with Crippen molar-refractivity contribution in [1.82, 2.24) is 4.57 Å². The van der Waals surface area contributed by atoms with Crippen molar-refractivity contribution in [2.45, 2.75) is 37.6 Å². The lowest BCUT2D eigenvalue weighted by Crippen LogP contribution is -2.22. The molecule has 2 aromatic carbocycles. The van der Waals surface area contributed by atoms with E-state index in [-0.39, 0.29) is 16.2 Å². The second-order valence-corrected chi connectivity index (χ2v) is 9.31. The lowest BCUT2D eigenvalue weighted by atomic mass is 10.1. The number of fused-ring (bicyclic) bond motifs is 1. The summed E-state index contributed by atoms with van der Waals surface area (Å²) in [6.07, 6.45) is 3.10. The molecule has 0 aliphatic carbocycles. The highest BCUT2D eigenvalue weighted by atomic mass is 32.2. The second kappa shape index (κ2) is 9.44. The number of benzene rings is 2. The number of hydrogen-bond acceptors (Lipinski definition) is 6. The summed E-state index contributed by atoms with van der Waals surface area (Å²) >= 11 is 1.24. The lowest BCUT2D eigenvalue weighted by molar-refractivity contribution is -0.141. The van der Waals surface area contributed by atoms with Crippen molar-refractivity contribution >= 4 is 37.5 Å². The van der Waals surface area contributed by atoms with E-state index in [1.165, 1.54) is 43.3 Å². The summed E-state index contributed by atoms with van der Waals surface area (Å²) in [5.74, 6) is 0.0734. The molecule has 30 heavy (non-hydrogen) atoms. The van der Waals surface area contributed by atoms with E-state index in [9.17, 15) is 13.2 Å². The summed E-state index contributed by atoms with van der Waals surface area (Å²) in [5.41, 5.74) is 1.91. The van der Waals surface area contributed by atoms with Gasteiger partial charge in [0.05, 0.1) is 29.3 Å². The van der Waals surface area contributed by atoms with Crippen molar-refractivity contribution in [3.63, 3.8) is 0 Å². The van der Waals surface area contributed by atoms with E-state index in [2.05, 4.69) is 11.3 Å². The maximum Gasteiger partial charge on any atom is 0.325 e. The van der Waals surface area contributed by atoms with E-state index in [1.807, 2.05) is 18.2 Å². The van der Waals surface area contributed by atoms with E-state index >= 15 is 0 Å². The predicted octanol–water partition coefficient (Wildman–Crippen LogP) is 3.52. The van der Waals surface area contributed by atoms with Crippen molar-refractivity contribution in [1.29, 1.82) is 0 Å². The summed E-state index contributed by atoms with van der Waals surface area (Å²) in [6.45, 7) is 2.01. The molecule has 7 nitrogen and oxygen atoms in total. The van der Waals surface area contributed by atoms with Crippen LogP contribution in [0, 0.1) is 0 Å². The van der Waals surface area contributed by atoms with Crippen LogP contribution in [0.4, 0.5) is 0 Å². The van der Waals surface area contributed by atoms with Crippen LogP contribution in [-0.4, -0.2) is 33.2 Å². The zero-order valence-corrected chi connectivity index (χ0v) is 18.8. The number of rotatable bonds is 8. The molecule has 1 aromatic heterocycles. The first-order valence-electron chi connectivity index (χ1n) is 9.52. The fourth-order valence-electron chi connectivity index (χ4n) is 2.97. The Balaban J connectivity index is 2.13. The van der Waals surface area contributed by atoms with Crippen LogP contribution in [0.3, 0.4) is 0 Å². The van der Waals surface area contributed by atoms with Gasteiger partial charge in [0.15, 0.2) is 0 Å². The number of unbranched alkanes of at least 4 members (excludes halogenated alkanes) is 1. The number of carbonyl (C=O) groups is 1. The Morgan fingerprint density at radius 1 is 1.13 bits per heavy atom. The van der Waals surface area contributed by atoms with Gasteiger partial charge in [0.1, 0.15) is 12.3 Å². The van der Waals surface area contributed by atoms with Gasteiger partial charge in [-0.2, -0.15) is 8.42 Å². The maximum atomic E-state index is 12.9. The molecule has 0 aliphatic rings. The minimum absolute atomic E-state index is 0.0500. The van der Waals surface area contributed by atoms with Crippen molar-refractivity contribution in [3.05, 3.63) is 52.8 Å². The molecule has 0 fully saturated rings. The molecule has 0 bridgehead atoms. The molecular formula is C21H24N2O5S2. The molecule has 9 heteroatoms. The van der Waals surface area contributed by atoms with Crippen LogP contribution in [0.25, 0.3) is 10.2 Å². The number of hydrogen-bond donors (Lipinski definition) is 0. The molecule has 0 spiro atoms. The van der Waals surface area contributed by atoms with Gasteiger partial charge in [0, 0.05) is 0 Å². The number of methoxy groups -OCH3 is 2. The largest absolute Gasteiger partial charge is 0.497 e. The number of thiazole rings is 1. The molecule has 0 saturated heterocycles. The fraction of sp³-hybridized carbons (Fsp3) is 0.333. The van der Waals surface area contributed by atoms with E-state index in [0.29, 0.717) is 5.75 Å². The first kappa shape index (κ1) is 22.0. The Bertz CT molecular complexity index is 1210. The van der Waals surface area contributed by atoms with Crippen LogP contribution in [0.1, 0.15) is 25.3 Å². The van der Waals surface area contributed by atoms with Crippen molar-refractivity contribution in [3.8, 4) is 5.75 Å². The highest BCUT2D eigenvalue weighted by Crippen LogP contribution is 2.22. The highest BCUT2D eigenvalue weighted by molar-refractivity contribution is 7.90. The number of aryl methyl sites for hydroxylation is 1. The molecule has 0 N–H and O–H groups in total. The molecule has 160 valence electrons. The van der Waals surface area contributed by atoms with Crippen LogP contribution < -0.4 is 9.54 Å². The Hall–Kier alpha value is -2.65. The van der Waals surface area contributed by atoms with Crippen LogP contribution in [0.2, 0.25) is 0 Å². The van der Waals surface area contributed by atoms with Crippen LogP contribution in [-0.2, 0) is 32.5 Å². The van der Waals surface area contributed by atoms with Gasteiger partial charge in [-0.1, -0.05) is 30.7 Å². The van der Waals surface area contributed by atoms with Gasteiger partial charge in [0.2, 0.25) is 4.80 Å². The molecule has 3 rings (SSSR count). The van der Waals surface area contributed by atoms with E-state index < -0.39 is 16.0 Å². The SMILES string of the molecule is CCCCc1ccc2c(c1)s/c(=N\S(=O)(=O)c1ccc(OC)cc1)n2CC(=O)OC. The molecule has 0 aliphatic heterocycles. The third kappa shape index (κ3) is 4.91. The van der Waals surface area contributed by atoms with Gasteiger partial charge in [-0.05, 0) is 54.8 Å². The van der Waals surface area contributed by atoms with Crippen molar-refractivity contribution in [2.24, 2.45) is 4.40 Å². The van der Waals surface area contributed by atoms with Gasteiger partial charge in [-0.3, -0.25) is 4.79 Å². The van der Waals surface area contributed by atoms with Gasteiger partial charge in [0.25, 0.3) is 10.0 Å². The van der Waals surface area contributed by atoms with Crippen molar-refractivity contribution in [2.75, 3.05) is 14.2 Å². The number of sulfonamides is 1. The van der Waals surface area contributed by atoms with Crippen LogP contribution in [0.5, 0.6) is 5.75 Å². The third-order valence-electron chi connectivity index (χ3n) is 4.64. The van der Waals surface area contributed by atoms with Gasteiger partial charge < -0.3 is 14.0 Å². The molecule has 1 heterocycles. The summed E-state index contributed by atoms with van der Waals surface area (Å²) in [6, 6.07) is 11.9. The Morgan fingerprint density at radius 2 is 1.87 bits per heavy atom. The molecular weight excluding hydrogens is 424 g/mol. The smallest absolute Gasteiger partial charge is 0.325 e. The zero-order valence-electron chi connectivity index (χ0n) is 17.1. The Kier molecular flexibility index (Phi) is 6.94. The standard InChI is InChI=1S/C21H24N2O5S2/c1-4-5-6-15-7-12-18-19(13-15)29-21(23(18)14-20(24)28-3)22-30(25,26)17-10-8-16(27-2)9-11-17/h7-13H,4-6,14H2,1-3H3/b22-21-. The summed E-state index contributed by atoms with van der Waals surface area (Å²) < 4.78 is 42.1. The average molecular weight is 449 g/mol. The molecule has 0 saturated carbocycles. The minimum atomic E-state index is -3.97. The number of esters is 1. The van der Waals surface area contributed by atoms with Gasteiger partial charge >= 0.3 is 5.97 Å². The topological polar surface area (TPSA) is 87.0 Å². The zero-order chi connectivity index (χ0) is 21.7. The number of ether oxygens (including phenoxy) is 2. The summed E-state index contributed by atoms with van der Waals surface area (Å²) in [4.78, 5) is 12.2. The fourth-order valence-corrected chi connectivity index (χ4v) is 5.27. The monoisotopic (exact) mass is 448 g/mol. The van der Waals surface area contributed by atoms with E-state index in [4.69, 9.17) is 9.47 Å². The maximum absolute atomic E-state index is 12.9. The van der Waals surface area contributed by atoms with Gasteiger partial charge in [-0.25, -0.2) is 0 Å².